The van der Waals surface area contributed by atoms with E-state index < -0.39 is 0 Å². The van der Waals surface area contributed by atoms with Gasteiger partial charge in [0.1, 0.15) is 0 Å². The van der Waals surface area contributed by atoms with Gasteiger partial charge in [0.25, 0.3) is 5.91 Å². The van der Waals surface area contributed by atoms with Crippen molar-refractivity contribution in [1.82, 2.24) is 20.3 Å². The summed E-state index contributed by atoms with van der Waals surface area (Å²) < 4.78 is 1.58. The average Bonchev–Trinajstić information content (AvgIpc) is 3.01. The molecule has 1 amide bonds. The molecule has 3 rings (SSSR count). The van der Waals surface area contributed by atoms with E-state index in [1.54, 1.807) is 23.7 Å². The Balaban J connectivity index is 1.68. The number of nitrogens with zero attached hydrogens (tertiary/aromatic N) is 3. The summed E-state index contributed by atoms with van der Waals surface area (Å²) >= 11 is 6.00. The average molecular weight is 351 g/mol. The van der Waals surface area contributed by atoms with E-state index in [1.807, 2.05) is 42.5 Å². The van der Waals surface area contributed by atoms with Gasteiger partial charge in [0.15, 0.2) is 5.69 Å². The molecule has 0 radical (unpaired) electrons. The molecule has 0 saturated heterocycles. The number of hydrogen-bond donors (Lipinski definition) is 1. The van der Waals surface area contributed by atoms with Crippen molar-refractivity contribution in [2.45, 2.75) is 6.92 Å². The van der Waals surface area contributed by atoms with Crippen LogP contribution in [0.15, 0.2) is 54.6 Å². The van der Waals surface area contributed by atoms with E-state index in [0.717, 1.165) is 11.3 Å². The van der Waals surface area contributed by atoms with Gasteiger partial charge in [-0.05, 0) is 37.3 Å². The Morgan fingerprint density at radius 2 is 2.00 bits per heavy atom. The largest absolute Gasteiger partial charge is 0.340 e. The van der Waals surface area contributed by atoms with Crippen LogP contribution in [0, 0.1) is 18.8 Å². The minimum atomic E-state index is -0.312. The van der Waals surface area contributed by atoms with E-state index in [0.29, 0.717) is 10.7 Å². The van der Waals surface area contributed by atoms with Gasteiger partial charge >= 0.3 is 0 Å². The van der Waals surface area contributed by atoms with Gasteiger partial charge in [-0.1, -0.05) is 52.9 Å². The molecule has 3 aromatic rings. The molecule has 5 nitrogen and oxygen atoms in total. The van der Waals surface area contributed by atoms with Crippen molar-refractivity contribution in [3.63, 3.8) is 0 Å². The van der Waals surface area contributed by atoms with Gasteiger partial charge in [-0.2, -0.15) is 0 Å². The smallest absolute Gasteiger partial charge is 0.274 e. The first-order valence-corrected chi connectivity index (χ1v) is 8.03. The molecule has 124 valence electrons. The van der Waals surface area contributed by atoms with E-state index in [9.17, 15) is 4.79 Å². The summed E-state index contributed by atoms with van der Waals surface area (Å²) in [6.45, 7) is 2.02. The molecule has 0 bridgehead atoms. The number of amides is 1. The van der Waals surface area contributed by atoms with Crippen molar-refractivity contribution >= 4 is 17.5 Å². The number of hydrogen-bond acceptors (Lipinski definition) is 3. The fourth-order valence-electron chi connectivity index (χ4n) is 2.27. The van der Waals surface area contributed by atoms with Gasteiger partial charge in [-0.3, -0.25) is 4.79 Å². The number of benzene rings is 2. The van der Waals surface area contributed by atoms with E-state index in [-0.39, 0.29) is 18.1 Å². The fraction of sp³-hybridized carbons (Fsp3) is 0.105. The zero-order valence-electron chi connectivity index (χ0n) is 13.5. The van der Waals surface area contributed by atoms with Crippen LogP contribution in [-0.4, -0.2) is 27.4 Å². The van der Waals surface area contributed by atoms with Crippen LogP contribution in [0.25, 0.3) is 5.69 Å². The second kappa shape index (κ2) is 7.65. The van der Waals surface area contributed by atoms with E-state index in [1.165, 1.54) is 0 Å². The third-order valence-electron chi connectivity index (χ3n) is 3.51. The van der Waals surface area contributed by atoms with Crippen molar-refractivity contribution in [2.75, 3.05) is 6.54 Å². The number of nitrogens with one attached hydrogen (secondary N) is 1. The first-order chi connectivity index (χ1) is 12.1. The highest BCUT2D eigenvalue weighted by Crippen LogP contribution is 2.16. The number of carbonyl (C=O) groups is 1. The molecule has 0 atom stereocenters. The number of aromatic nitrogens is 3. The SMILES string of the molecule is Cc1c(C(=O)NCC#Cc2ccccc2)nnn1-c1cccc(Cl)c1. The lowest BCUT2D eigenvalue weighted by atomic mass is 10.2. The van der Waals surface area contributed by atoms with Crippen LogP contribution in [0.3, 0.4) is 0 Å². The van der Waals surface area contributed by atoms with E-state index in [2.05, 4.69) is 27.5 Å². The van der Waals surface area contributed by atoms with Crippen molar-refractivity contribution in [3.05, 3.63) is 76.6 Å². The van der Waals surface area contributed by atoms with E-state index >= 15 is 0 Å². The van der Waals surface area contributed by atoms with Gasteiger partial charge in [0.2, 0.25) is 0 Å². The fourth-order valence-corrected chi connectivity index (χ4v) is 2.45. The highest BCUT2D eigenvalue weighted by Gasteiger charge is 2.16. The van der Waals surface area contributed by atoms with Crippen LogP contribution in [0.1, 0.15) is 21.7 Å². The Labute approximate surface area is 150 Å². The van der Waals surface area contributed by atoms with Gasteiger partial charge < -0.3 is 5.32 Å². The third-order valence-corrected chi connectivity index (χ3v) is 3.74. The highest BCUT2D eigenvalue weighted by molar-refractivity contribution is 6.30. The molecule has 0 unspecified atom stereocenters. The number of carbonyl (C=O) groups excluding carboxylic acids is 1. The monoisotopic (exact) mass is 350 g/mol. The van der Waals surface area contributed by atoms with Crippen molar-refractivity contribution < 1.29 is 4.79 Å². The lowest BCUT2D eigenvalue weighted by molar-refractivity contribution is 0.0953. The Bertz CT molecular complexity index is 954. The molecular formula is C19H15ClN4O. The molecule has 6 heteroatoms. The van der Waals surface area contributed by atoms with Gasteiger partial charge in [0, 0.05) is 10.6 Å². The molecule has 0 aliphatic heterocycles. The van der Waals surface area contributed by atoms with Crippen molar-refractivity contribution in [3.8, 4) is 17.5 Å². The van der Waals surface area contributed by atoms with Crippen LogP contribution in [-0.2, 0) is 0 Å². The summed E-state index contributed by atoms with van der Waals surface area (Å²) in [5.74, 6) is 5.58. The van der Waals surface area contributed by atoms with Crippen LogP contribution in [0.5, 0.6) is 0 Å². The van der Waals surface area contributed by atoms with Crippen molar-refractivity contribution in [2.24, 2.45) is 0 Å². The zero-order valence-corrected chi connectivity index (χ0v) is 14.3. The normalized spacial score (nSPS) is 10.0. The van der Waals surface area contributed by atoms with Crippen LogP contribution < -0.4 is 5.32 Å². The lowest BCUT2D eigenvalue weighted by Gasteiger charge is -2.04. The second-order valence-electron chi connectivity index (χ2n) is 5.27. The Morgan fingerprint density at radius 3 is 2.76 bits per heavy atom. The standard InChI is InChI=1S/C19H15ClN4O/c1-14-18(22-23-24(14)17-11-5-10-16(20)13-17)19(25)21-12-6-9-15-7-3-2-4-8-15/h2-5,7-8,10-11,13H,12H2,1H3,(H,21,25). The predicted molar refractivity (Wildman–Crippen MR) is 96.8 cm³/mol. The summed E-state index contributed by atoms with van der Waals surface area (Å²) in [7, 11) is 0. The summed E-state index contributed by atoms with van der Waals surface area (Å²) in [6, 6.07) is 16.8. The highest BCUT2D eigenvalue weighted by atomic mass is 35.5. The molecule has 25 heavy (non-hydrogen) atoms. The van der Waals surface area contributed by atoms with Gasteiger partial charge in [0.05, 0.1) is 17.9 Å². The Hall–Kier alpha value is -3.10. The summed E-state index contributed by atoms with van der Waals surface area (Å²) in [4.78, 5) is 12.3. The van der Waals surface area contributed by atoms with Crippen molar-refractivity contribution in [1.29, 1.82) is 0 Å². The summed E-state index contributed by atoms with van der Waals surface area (Å²) in [5, 5.41) is 11.3. The molecule has 0 aliphatic carbocycles. The molecule has 0 fully saturated rings. The maximum absolute atomic E-state index is 12.3. The molecule has 2 aromatic carbocycles. The maximum Gasteiger partial charge on any atom is 0.274 e. The molecular weight excluding hydrogens is 336 g/mol. The van der Waals surface area contributed by atoms with E-state index in [4.69, 9.17) is 11.6 Å². The second-order valence-corrected chi connectivity index (χ2v) is 5.70. The van der Waals surface area contributed by atoms with Gasteiger partial charge in [-0.25, -0.2) is 4.68 Å². The quantitative estimate of drug-likeness (QED) is 0.739. The molecule has 0 spiro atoms. The number of halogens is 1. The predicted octanol–water partition coefficient (Wildman–Crippen LogP) is 3.01. The van der Waals surface area contributed by atoms with Gasteiger partial charge in [-0.15, -0.1) is 5.10 Å². The minimum Gasteiger partial charge on any atom is -0.340 e. The Morgan fingerprint density at radius 1 is 1.20 bits per heavy atom. The lowest BCUT2D eigenvalue weighted by Crippen LogP contribution is -2.24. The van der Waals surface area contributed by atoms with Crippen LogP contribution in [0.4, 0.5) is 0 Å². The first kappa shape index (κ1) is 16.7. The topological polar surface area (TPSA) is 59.8 Å². The molecule has 1 heterocycles. The molecule has 0 saturated carbocycles. The molecule has 1 N–H and O–H groups in total. The molecule has 0 aliphatic rings. The molecule has 1 aromatic heterocycles. The van der Waals surface area contributed by atoms with Crippen LogP contribution in [0.2, 0.25) is 5.02 Å². The summed E-state index contributed by atoms with van der Waals surface area (Å²) in [5.41, 5.74) is 2.55. The van der Waals surface area contributed by atoms with Crippen LogP contribution >= 0.6 is 11.6 Å². The number of rotatable bonds is 3. The maximum atomic E-state index is 12.3. The summed E-state index contributed by atoms with van der Waals surface area (Å²) in [6.07, 6.45) is 0. The zero-order chi connectivity index (χ0) is 17.6. The third kappa shape index (κ3) is 4.06. The Kier molecular flexibility index (Phi) is 5.12. The minimum absolute atomic E-state index is 0.233. The first-order valence-electron chi connectivity index (χ1n) is 7.65.